The minimum absolute atomic E-state index is 0.643. The predicted molar refractivity (Wildman–Crippen MR) is 212 cm³/mol. The Hall–Kier alpha value is -7.11. The van der Waals surface area contributed by atoms with Crippen molar-refractivity contribution in [2.45, 2.75) is 0 Å². The number of hydrogen-bond donors (Lipinski definition) is 0. The summed E-state index contributed by atoms with van der Waals surface area (Å²) in [6.07, 6.45) is 0. The standard InChI is InChI=1S/C47H31N5/c1-4-15-33(16-5-1)44-48-45(34-17-6-2-7-18-34)50-46(49-44)35-29-27-32(28-30-35)36-19-14-20-37(31-36)43-39-23-10-11-24-40(39)52-42-26-13-12-25-41(42)51(47(43)52)38-21-8-3-9-22-38/h1-31H. The van der Waals surface area contributed by atoms with E-state index in [1.807, 2.05) is 60.7 Å². The highest BCUT2D eigenvalue weighted by Gasteiger charge is 2.22. The minimum atomic E-state index is 0.643. The van der Waals surface area contributed by atoms with Crippen LogP contribution in [0.3, 0.4) is 0 Å². The fourth-order valence-electron chi connectivity index (χ4n) is 7.37. The van der Waals surface area contributed by atoms with Crippen LogP contribution in [-0.2, 0) is 0 Å². The number of rotatable bonds is 6. The first kappa shape index (κ1) is 29.8. The van der Waals surface area contributed by atoms with Crippen molar-refractivity contribution in [1.82, 2.24) is 23.9 Å². The van der Waals surface area contributed by atoms with E-state index < -0.39 is 0 Å². The van der Waals surface area contributed by atoms with E-state index in [2.05, 4.69) is 136 Å². The maximum atomic E-state index is 4.93. The van der Waals surface area contributed by atoms with Crippen molar-refractivity contribution < 1.29 is 0 Å². The summed E-state index contributed by atoms with van der Waals surface area (Å²) in [6, 6.07) is 65.7. The van der Waals surface area contributed by atoms with Crippen LogP contribution in [0.1, 0.15) is 0 Å². The number of fused-ring (bicyclic) bond motifs is 5. The minimum Gasteiger partial charge on any atom is -0.293 e. The first-order valence-corrected chi connectivity index (χ1v) is 17.5. The summed E-state index contributed by atoms with van der Waals surface area (Å²) in [5.41, 5.74) is 13.3. The third-order valence-corrected chi connectivity index (χ3v) is 9.77. The summed E-state index contributed by atoms with van der Waals surface area (Å²) in [6.45, 7) is 0. The van der Waals surface area contributed by atoms with E-state index in [-0.39, 0.29) is 0 Å². The third-order valence-electron chi connectivity index (χ3n) is 9.77. The van der Waals surface area contributed by atoms with Crippen LogP contribution in [0.15, 0.2) is 188 Å². The first-order chi connectivity index (χ1) is 25.8. The largest absolute Gasteiger partial charge is 0.293 e. The highest BCUT2D eigenvalue weighted by Crippen LogP contribution is 2.41. The van der Waals surface area contributed by atoms with Crippen LogP contribution < -0.4 is 0 Å². The molecule has 0 saturated heterocycles. The molecule has 7 aromatic carbocycles. The van der Waals surface area contributed by atoms with Crippen molar-refractivity contribution in [2.75, 3.05) is 0 Å². The highest BCUT2D eigenvalue weighted by molar-refractivity contribution is 6.09. The van der Waals surface area contributed by atoms with E-state index in [1.165, 1.54) is 27.5 Å². The SMILES string of the molecule is c1ccc(-c2nc(-c3ccccc3)nc(-c3ccc(-c4cccc(-c5c6ccccc6n6c7ccccc7n(-c7ccccc7)c56)c4)cc3)n2)cc1. The van der Waals surface area contributed by atoms with Gasteiger partial charge in [-0.1, -0.05) is 152 Å². The lowest BCUT2D eigenvalue weighted by Gasteiger charge is -2.11. The summed E-state index contributed by atoms with van der Waals surface area (Å²) < 4.78 is 4.81. The average molecular weight is 666 g/mol. The number of nitrogens with zero attached hydrogens (tertiary/aromatic N) is 5. The van der Waals surface area contributed by atoms with Gasteiger partial charge >= 0.3 is 0 Å². The molecule has 0 radical (unpaired) electrons. The van der Waals surface area contributed by atoms with Gasteiger partial charge in [0.15, 0.2) is 17.5 Å². The van der Waals surface area contributed by atoms with Crippen LogP contribution in [0.25, 0.3) is 89.7 Å². The molecule has 0 saturated carbocycles. The van der Waals surface area contributed by atoms with E-state index in [0.29, 0.717) is 17.5 Å². The quantitative estimate of drug-likeness (QED) is 0.178. The average Bonchev–Trinajstić information content (AvgIpc) is 3.74. The topological polar surface area (TPSA) is 48.0 Å². The normalized spacial score (nSPS) is 11.5. The van der Waals surface area contributed by atoms with Gasteiger partial charge in [0.05, 0.1) is 16.6 Å². The Balaban J connectivity index is 1.10. The Kier molecular flexibility index (Phi) is 7.07. The van der Waals surface area contributed by atoms with Gasteiger partial charge in [-0.05, 0) is 53.1 Å². The first-order valence-electron chi connectivity index (χ1n) is 17.5. The molecule has 52 heavy (non-hydrogen) atoms. The molecule has 5 nitrogen and oxygen atoms in total. The molecule has 0 unspecified atom stereocenters. The monoisotopic (exact) mass is 665 g/mol. The number of aromatic nitrogens is 5. The van der Waals surface area contributed by atoms with Gasteiger partial charge in [0.2, 0.25) is 0 Å². The Morgan fingerprint density at radius 3 is 1.42 bits per heavy atom. The zero-order valence-electron chi connectivity index (χ0n) is 28.1. The van der Waals surface area contributed by atoms with Gasteiger partial charge in [0, 0.05) is 33.3 Å². The van der Waals surface area contributed by atoms with Crippen LogP contribution in [0, 0.1) is 0 Å². The van der Waals surface area contributed by atoms with Crippen molar-refractivity contribution in [2.24, 2.45) is 0 Å². The van der Waals surface area contributed by atoms with E-state index in [4.69, 9.17) is 15.0 Å². The molecule has 0 N–H and O–H groups in total. The molecule has 10 rings (SSSR count). The molecule has 5 heteroatoms. The van der Waals surface area contributed by atoms with Gasteiger partial charge in [-0.25, -0.2) is 15.0 Å². The van der Waals surface area contributed by atoms with Crippen molar-refractivity contribution in [3.05, 3.63) is 188 Å². The van der Waals surface area contributed by atoms with Crippen molar-refractivity contribution in [3.8, 4) is 62.1 Å². The van der Waals surface area contributed by atoms with Gasteiger partial charge in [-0.15, -0.1) is 0 Å². The molecular weight excluding hydrogens is 635 g/mol. The number of para-hydroxylation sites is 4. The maximum Gasteiger partial charge on any atom is 0.164 e. The summed E-state index contributed by atoms with van der Waals surface area (Å²) in [7, 11) is 0. The molecule has 0 spiro atoms. The molecule has 0 aliphatic carbocycles. The molecule has 3 aromatic heterocycles. The molecule has 0 bridgehead atoms. The molecule has 10 aromatic rings. The zero-order chi connectivity index (χ0) is 34.4. The summed E-state index contributed by atoms with van der Waals surface area (Å²) >= 11 is 0. The smallest absolute Gasteiger partial charge is 0.164 e. The zero-order valence-corrected chi connectivity index (χ0v) is 28.1. The summed E-state index contributed by atoms with van der Waals surface area (Å²) in [5, 5.41) is 1.22. The van der Waals surface area contributed by atoms with Crippen LogP contribution in [0.5, 0.6) is 0 Å². The van der Waals surface area contributed by atoms with Crippen LogP contribution >= 0.6 is 0 Å². The predicted octanol–water partition coefficient (Wildman–Crippen LogP) is 11.6. The molecule has 0 aliphatic rings. The lowest BCUT2D eigenvalue weighted by molar-refractivity contribution is 1.07. The fourth-order valence-corrected chi connectivity index (χ4v) is 7.37. The van der Waals surface area contributed by atoms with E-state index in [0.717, 1.165) is 44.7 Å². The molecular formula is C47H31N5. The summed E-state index contributed by atoms with van der Waals surface area (Å²) in [5.74, 6) is 1.95. The van der Waals surface area contributed by atoms with Crippen molar-refractivity contribution in [3.63, 3.8) is 0 Å². The molecule has 244 valence electrons. The Morgan fingerprint density at radius 1 is 0.327 bits per heavy atom. The van der Waals surface area contributed by atoms with Crippen LogP contribution in [0.4, 0.5) is 0 Å². The number of hydrogen-bond acceptors (Lipinski definition) is 3. The molecule has 0 atom stereocenters. The van der Waals surface area contributed by atoms with Crippen molar-refractivity contribution in [1.29, 1.82) is 0 Å². The van der Waals surface area contributed by atoms with E-state index in [9.17, 15) is 0 Å². The van der Waals surface area contributed by atoms with Gasteiger partial charge in [-0.3, -0.25) is 8.97 Å². The Bertz CT molecular complexity index is 2810. The van der Waals surface area contributed by atoms with E-state index >= 15 is 0 Å². The molecule has 0 aliphatic heterocycles. The number of benzene rings is 7. The highest BCUT2D eigenvalue weighted by atomic mass is 15.1. The van der Waals surface area contributed by atoms with Gasteiger partial charge in [0.25, 0.3) is 0 Å². The molecule has 3 heterocycles. The second kappa shape index (κ2) is 12.3. The van der Waals surface area contributed by atoms with Crippen LogP contribution in [-0.4, -0.2) is 23.9 Å². The Labute approximate surface area is 300 Å². The maximum absolute atomic E-state index is 4.93. The Morgan fingerprint density at radius 2 is 0.788 bits per heavy atom. The molecule has 0 fully saturated rings. The molecule has 0 amide bonds. The van der Waals surface area contributed by atoms with Gasteiger partial charge < -0.3 is 0 Å². The lowest BCUT2D eigenvalue weighted by atomic mass is 9.97. The van der Waals surface area contributed by atoms with Crippen LogP contribution in [0.2, 0.25) is 0 Å². The van der Waals surface area contributed by atoms with Gasteiger partial charge in [0.1, 0.15) is 5.65 Å². The number of imidazole rings is 1. The van der Waals surface area contributed by atoms with Crippen molar-refractivity contribution >= 4 is 27.6 Å². The second-order valence-electron chi connectivity index (χ2n) is 12.9. The second-order valence-corrected chi connectivity index (χ2v) is 12.9. The lowest BCUT2D eigenvalue weighted by Crippen LogP contribution is -2.00. The van der Waals surface area contributed by atoms with E-state index in [1.54, 1.807) is 0 Å². The van der Waals surface area contributed by atoms with Gasteiger partial charge in [-0.2, -0.15) is 0 Å². The fraction of sp³-hybridized carbons (Fsp3) is 0. The third kappa shape index (κ3) is 4.98. The summed E-state index contributed by atoms with van der Waals surface area (Å²) in [4.78, 5) is 14.7.